The normalized spacial score (nSPS) is 18.2. The summed E-state index contributed by atoms with van der Waals surface area (Å²) in [6, 6.07) is 0. The molecule has 0 aromatic heterocycles. The minimum Gasteiger partial charge on any atom is -0.394 e. The molecule has 4 nitrogen and oxygen atoms in total. The maximum atomic E-state index is 8.47. The van der Waals surface area contributed by atoms with Crippen molar-refractivity contribution >= 4 is 0 Å². The first kappa shape index (κ1) is 12.9. The van der Waals surface area contributed by atoms with Crippen LogP contribution < -0.4 is 0 Å². The lowest BCUT2D eigenvalue weighted by Gasteiger charge is -2.26. The number of hydrogen-bond acceptors (Lipinski definition) is 4. The van der Waals surface area contributed by atoms with E-state index in [4.69, 9.17) is 14.6 Å². The van der Waals surface area contributed by atoms with Crippen LogP contribution in [0.15, 0.2) is 0 Å². The van der Waals surface area contributed by atoms with Gasteiger partial charge >= 0.3 is 0 Å². The fourth-order valence-corrected chi connectivity index (χ4v) is 1.76. The molecule has 1 rings (SSSR count). The van der Waals surface area contributed by atoms with Crippen LogP contribution in [0.4, 0.5) is 0 Å². The summed E-state index contributed by atoms with van der Waals surface area (Å²) in [7, 11) is 0. The molecular formula is C11H23NO3. The predicted octanol–water partition coefficient (Wildman–Crippen LogP) is 0.498. The Morgan fingerprint density at radius 3 is 2.20 bits per heavy atom. The molecule has 0 aromatic rings. The molecule has 0 atom stereocenters. The van der Waals surface area contributed by atoms with Crippen molar-refractivity contribution in [3.8, 4) is 0 Å². The van der Waals surface area contributed by atoms with E-state index in [9.17, 15) is 0 Å². The molecule has 0 amide bonds. The molecule has 0 bridgehead atoms. The van der Waals surface area contributed by atoms with Crippen LogP contribution in [0.1, 0.15) is 19.3 Å². The molecule has 0 unspecified atom stereocenters. The Morgan fingerprint density at radius 1 is 0.867 bits per heavy atom. The number of aliphatic hydroxyl groups is 1. The quantitative estimate of drug-likeness (QED) is 0.601. The fraction of sp³-hybridized carbons (Fsp3) is 1.00. The molecule has 1 N–H and O–H groups in total. The van der Waals surface area contributed by atoms with E-state index >= 15 is 0 Å². The van der Waals surface area contributed by atoms with Crippen LogP contribution in [0.5, 0.6) is 0 Å². The van der Waals surface area contributed by atoms with E-state index in [1.54, 1.807) is 0 Å². The highest BCUT2D eigenvalue weighted by Crippen LogP contribution is 2.07. The van der Waals surface area contributed by atoms with Crippen LogP contribution >= 0.6 is 0 Å². The first-order valence-electron chi connectivity index (χ1n) is 5.92. The average molecular weight is 217 g/mol. The SMILES string of the molecule is OCCOCCOCCN1CCCCC1. The maximum Gasteiger partial charge on any atom is 0.0701 e. The Hall–Kier alpha value is -0.160. The molecule has 1 aliphatic rings. The van der Waals surface area contributed by atoms with E-state index in [-0.39, 0.29) is 6.61 Å². The van der Waals surface area contributed by atoms with Gasteiger partial charge in [-0.05, 0) is 25.9 Å². The Bertz CT molecular complexity index is 138. The highest BCUT2D eigenvalue weighted by Gasteiger charge is 2.08. The van der Waals surface area contributed by atoms with Crippen LogP contribution in [0.25, 0.3) is 0 Å². The number of ether oxygens (including phenoxy) is 2. The molecule has 90 valence electrons. The Kier molecular flexibility index (Phi) is 7.83. The zero-order valence-corrected chi connectivity index (χ0v) is 9.49. The van der Waals surface area contributed by atoms with Gasteiger partial charge in [-0.25, -0.2) is 0 Å². The van der Waals surface area contributed by atoms with Gasteiger partial charge in [-0.15, -0.1) is 0 Å². The summed E-state index contributed by atoms with van der Waals surface area (Å²) < 4.78 is 10.5. The Labute approximate surface area is 92.2 Å². The molecule has 4 heteroatoms. The number of rotatable bonds is 8. The minimum absolute atomic E-state index is 0.0910. The van der Waals surface area contributed by atoms with Crippen molar-refractivity contribution in [3.63, 3.8) is 0 Å². The highest BCUT2D eigenvalue weighted by atomic mass is 16.5. The van der Waals surface area contributed by atoms with Gasteiger partial charge in [-0.1, -0.05) is 6.42 Å². The average Bonchev–Trinajstić information content (AvgIpc) is 2.29. The molecule has 0 aromatic carbocycles. The van der Waals surface area contributed by atoms with Gasteiger partial charge in [0.05, 0.1) is 33.0 Å². The highest BCUT2D eigenvalue weighted by molar-refractivity contribution is 4.63. The molecule has 1 saturated heterocycles. The first-order chi connectivity index (χ1) is 7.43. The van der Waals surface area contributed by atoms with Crippen molar-refractivity contribution in [2.24, 2.45) is 0 Å². The van der Waals surface area contributed by atoms with Crippen molar-refractivity contribution in [2.45, 2.75) is 19.3 Å². The lowest BCUT2D eigenvalue weighted by molar-refractivity contribution is 0.0251. The Balaban J connectivity index is 1.79. The van der Waals surface area contributed by atoms with E-state index in [2.05, 4.69) is 4.90 Å². The number of aliphatic hydroxyl groups excluding tert-OH is 1. The summed E-state index contributed by atoms with van der Waals surface area (Å²) in [6.45, 7) is 6.01. The maximum absolute atomic E-state index is 8.47. The zero-order valence-electron chi connectivity index (χ0n) is 9.49. The smallest absolute Gasteiger partial charge is 0.0701 e. The van der Waals surface area contributed by atoms with Gasteiger partial charge in [0.2, 0.25) is 0 Å². The second-order valence-corrected chi connectivity index (χ2v) is 3.85. The molecule has 0 saturated carbocycles. The predicted molar refractivity (Wildman–Crippen MR) is 59.0 cm³/mol. The van der Waals surface area contributed by atoms with Gasteiger partial charge in [-0.3, -0.25) is 0 Å². The third-order valence-corrected chi connectivity index (χ3v) is 2.61. The van der Waals surface area contributed by atoms with Gasteiger partial charge in [0.15, 0.2) is 0 Å². The molecule has 0 aliphatic carbocycles. The number of likely N-dealkylation sites (tertiary alicyclic amines) is 1. The Morgan fingerprint density at radius 2 is 1.53 bits per heavy atom. The molecule has 0 spiro atoms. The first-order valence-corrected chi connectivity index (χ1v) is 5.92. The lowest BCUT2D eigenvalue weighted by atomic mass is 10.1. The van der Waals surface area contributed by atoms with Crippen LogP contribution in [0, 0.1) is 0 Å². The summed E-state index contributed by atoms with van der Waals surface area (Å²) in [4.78, 5) is 2.46. The number of nitrogens with zero attached hydrogens (tertiary/aromatic N) is 1. The zero-order chi connectivity index (χ0) is 10.8. The molecule has 1 heterocycles. The number of hydrogen-bond donors (Lipinski definition) is 1. The van der Waals surface area contributed by atoms with E-state index in [0.717, 1.165) is 13.2 Å². The summed E-state index contributed by atoms with van der Waals surface area (Å²) in [5.41, 5.74) is 0. The molecule has 1 aliphatic heterocycles. The van der Waals surface area contributed by atoms with Crippen LogP contribution in [0.3, 0.4) is 0 Å². The van der Waals surface area contributed by atoms with Gasteiger partial charge in [0, 0.05) is 6.54 Å². The van der Waals surface area contributed by atoms with Gasteiger partial charge < -0.3 is 19.5 Å². The topological polar surface area (TPSA) is 41.9 Å². The monoisotopic (exact) mass is 217 g/mol. The summed E-state index contributed by atoms with van der Waals surface area (Å²) >= 11 is 0. The van der Waals surface area contributed by atoms with Gasteiger partial charge in [0.25, 0.3) is 0 Å². The van der Waals surface area contributed by atoms with Crippen molar-refractivity contribution < 1.29 is 14.6 Å². The van der Waals surface area contributed by atoms with Crippen molar-refractivity contribution in [2.75, 3.05) is 52.7 Å². The van der Waals surface area contributed by atoms with Crippen molar-refractivity contribution in [1.29, 1.82) is 0 Å². The van der Waals surface area contributed by atoms with Crippen molar-refractivity contribution in [3.05, 3.63) is 0 Å². The third-order valence-electron chi connectivity index (χ3n) is 2.61. The summed E-state index contributed by atoms with van der Waals surface area (Å²) in [6.07, 6.45) is 4.05. The molecule has 15 heavy (non-hydrogen) atoms. The summed E-state index contributed by atoms with van der Waals surface area (Å²) in [5, 5.41) is 8.47. The third kappa shape index (κ3) is 6.84. The standard InChI is InChI=1S/C11H23NO3/c13-7-9-15-11-10-14-8-6-12-4-2-1-3-5-12/h13H,1-11H2. The van der Waals surface area contributed by atoms with Crippen LogP contribution in [-0.2, 0) is 9.47 Å². The molecule has 0 radical (unpaired) electrons. The van der Waals surface area contributed by atoms with Gasteiger partial charge in [-0.2, -0.15) is 0 Å². The van der Waals surface area contributed by atoms with E-state index in [1.807, 2.05) is 0 Å². The van der Waals surface area contributed by atoms with E-state index < -0.39 is 0 Å². The molecule has 1 fully saturated rings. The van der Waals surface area contributed by atoms with Gasteiger partial charge in [0.1, 0.15) is 0 Å². The number of piperidine rings is 1. The minimum atomic E-state index is 0.0910. The van der Waals surface area contributed by atoms with Crippen LogP contribution in [-0.4, -0.2) is 62.7 Å². The van der Waals surface area contributed by atoms with E-state index in [1.165, 1.54) is 32.4 Å². The summed E-state index contributed by atoms with van der Waals surface area (Å²) in [5.74, 6) is 0. The second kappa shape index (κ2) is 9.09. The second-order valence-electron chi connectivity index (χ2n) is 3.85. The largest absolute Gasteiger partial charge is 0.394 e. The fourth-order valence-electron chi connectivity index (χ4n) is 1.76. The molecular weight excluding hydrogens is 194 g/mol. The van der Waals surface area contributed by atoms with E-state index in [0.29, 0.717) is 19.8 Å². The lowest BCUT2D eigenvalue weighted by Crippen LogP contribution is -2.32. The van der Waals surface area contributed by atoms with Crippen LogP contribution in [0.2, 0.25) is 0 Å². The van der Waals surface area contributed by atoms with Crippen molar-refractivity contribution in [1.82, 2.24) is 4.90 Å².